The monoisotopic (exact) mass is 484 g/mol. The molecule has 0 amide bonds. The summed E-state index contributed by atoms with van der Waals surface area (Å²) in [5.41, 5.74) is 17.2. The van der Waals surface area contributed by atoms with Gasteiger partial charge in [-0.2, -0.15) is 15.0 Å². The van der Waals surface area contributed by atoms with Gasteiger partial charge in [0.1, 0.15) is 0 Å². The lowest BCUT2D eigenvalue weighted by Gasteiger charge is -2.12. The first-order valence-corrected chi connectivity index (χ1v) is 11.5. The fraction of sp³-hybridized carbons (Fsp3) is 0. The molecule has 0 unspecified atom stereocenters. The maximum Gasteiger partial charge on any atom is 0.233 e. The summed E-state index contributed by atoms with van der Waals surface area (Å²) in [7, 11) is 0. The molecule has 180 valence electrons. The van der Waals surface area contributed by atoms with E-state index in [-0.39, 0.29) is 0 Å². The van der Waals surface area contributed by atoms with E-state index in [1.807, 2.05) is 78.9 Å². The maximum absolute atomic E-state index is 5.80. The quantitative estimate of drug-likeness (QED) is 0.154. The van der Waals surface area contributed by atoms with Crippen LogP contribution < -0.4 is 27.4 Å². The van der Waals surface area contributed by atoms with Gasteiger partial charge < -0.3 is 27.4 Å². The number of hydrogen-bond acceptors (Lipinski definition) is 8. The van der Waals surface area contributed by atoms with Crippen molar-refractivity contribution < 1.29 is 0 Å². The van der Waals surface area contributed by atoms with Crippen LogP contribution in [0, 0.1) is 11.8 Å². The summed E-state index contributed by atoms with van der Waals surface area (Å²) in [5, 5.41) is 9.64. The van der Waals surface area contributed by atoms with Gasteiger partial charge in [-0.25, -0.2) is 0 Å². The summed E-state index contributed by atoms with van der Waals surface area (Å²) in [6.45, 7) is 0. The van der Waals surface area contributed by atoms with E-state index in [1.54, 1.807) is 24.3 Å². The number of nitrogen functional groups attached to an aromatic ring is 2. The summed E-state index contributed by atoms with van der Waals surface area (Å²) < 4.78 is 0. The third-order valence-electron chi connectivity index (χ3n) is 5.24. The average Bonchev–Trinajstić information content (AvgIpc) is 2.91. The smallest absolute Gasteiger partial charge is 0.233 e. The van der Waals surface area contributed by atoms with E-state index in [9.17, 15) is 0 Å². The van der Waals surface area contributed by atoms with Gasteiger partial charge in [0.15, 0.2) is 0 Å². The Morgan fingerprint density at radius 2 is 0.784 bits per heavy atom. The number of hydrogen-bond donors (Lipinski definition) is 5. The molecular weight excluding hydrogens is 460 g/mol. The van der Waals surface area contributed by atoms with Crippen molar-refractivity contribution in [1.29, 1.82) is 0 Å². The second kappa shape index (κ2) is 10.8. The molecule has 0 fully saturated rings. The molecule has 8 heteroatoms. The van der Waals surface area contributed by atoms with Crippen LogP contribution in [0.2, 0.25) is 0 Å². The first-order chi connectivity index (χ1) is 18.1. The molecule has 5 rings (SSSR count). The molecule has 0 aliphatic carbocycles. The van der Waals surface area contributed by atoms with Crippen molar-refractivity contribution in [3.8, 4) is 11.8 Å². The lowest BCUT2D eigenvalue weighted by molar-refractivity contribution is 1.06. The molecule has 37 heavy (non-hydrogen) atoms. The lowest BCUT2D eigenvalue weighted by atomic mass is 10.2. The minimum Gasteiger partial charge on any atom is -0.399 e. The third kappa shape index (κ3) is 6.53. The van der Waals surface area contributed by atoms with Crippen LogP contribution in [0.1, 0.15) is 11.1 Å². The Bertz CT molecular complexity index is 1470. The Morgan fingerprint density at radius 1 is 0.432 bits per heavy atom. The minimum atomic E-state index is 0.366. The summed E-state index contributed by atoms with van der Waals surface area (Å²) in [5.74, 6) is 7.44. The van der Waals surface area contributed by atoms with E-state index >= 15 is 0 Å². The molecule has 1 aromatic heterocycles. The van der Waals surface area contributed by atoms with E-state index in [2.05, 4.69) is 42.7 Å². The molecule has 0 radical (unpaired) electrons. The van der Waals surface area contributed by atoms with Crippen LogP contribution in [0.5, 0.6) is 0 Å². The Morgan fingerprint density at radius 3 is 1.19 bits per heavy atom. The summed E-state index contributed by atoms with van der Waals surface area (Å²) in [6, 6.07) is 32.3. The van der Waals surface area contributed by atoms with Crippen molar-refractivity contribution in [2.24, 2.45) is 0 Å². The van der Waals surface area contributed by atoms with Crippen molar-refractivity contribution >= 4 is 46.3 Å². The van der Waals surface area contributed by atoms with Crippen LogP contribution >= 0.6 is 0 Å². The molecule has 8 nitrogen and oxygen atoms in total. The van der Waals surface area contributed by atoms with Crippen molar-refractivity contribution in [3.63, 3.8) is 0 Å². The molecule has 1 heterocycles. The molecule has 5 aromatic rings. The van der Waals surface area contributed by atoms with Gasteiger partial charge in [0.05, 0.1) is 0 Å². The van der Waals surface area contributed by atoms with E-state index in [1.165, 1.54) is 0 Å². The molecule has 0 bridgehead atoms. The van der Waals surface area contributed by atoms with Crippen molar-refractivity contribution in [3.05, 3.63) is 114 Å². The van der Waals surface area contributed by atoms with Gasteiger partial charge in [0, 0.05) is 39.6 Å². The predicted molar refractivity (Wildman–Crippen MR) is 150 cm³/mol. The fourth-order valence-electron chi connectivity index (χ4n) is 3.37. The highest BCUT2D eigenvalue weighted by Crippen LogP contribution is 2.22. The number of benzene rings is 4. The highest BCUT2D eigenvalue weighted by atomic mass is 15.3. The molecule has 0 atom stereocenters. The Kier molecular flexibility index (Phi) is 6.77. The zero-order valence-electron chi connectivity index (χ0n) is 19.8. The summed E-state index contributed by atoms with van der Waals surface area (Å²) in [4.78, 5) is 13.6. The zero-order valence-corrected chi connectivity index (χ0v) is 19.8. The van der Waals surface area contributed by atoms with Gasteiger partial charge in [-0.15, -0.1) is 0 Å². The number of rotatable bonds is 6. The number of aromatic nitrogens is 3. The van der Waals surface area contributed by atoms with Gasteiger partial charge in [-0.1, -0.05) is 30.0 Å². The van der Waals surface area contributed by atoms with E-state index in [0.717, 1.165) is 28.2 Å². The number of anilines is 8. The van der Waals surface area contributed by atoms with Gasteiger partial charge in [0.25, 0.3) is 0 Å². The molecule has 4 aromatic carbocycles. The van der Waals surface area contributed by atoms with Crippen molar-refractivity contribution in [1.82, 2.24) is 15.0 Å². The summed E-state index contributed by atoms with van der Waals surface area (Å²) in [6.07, 6.45) is 0. The standard InChI is InChI=1S/C29H24N8/c30-22-10-16-25(17-11-22)33-28-35-27(36-29(37-28)34-26-18-12-23(31)13-19-26)32-24-14-8-21(9-15-24)7-6-20-4-2-1-3-5-20/h1-5,8-19H,30-31H2,(H3,32,33,34,35,36,37). The zero-order chi connectivity index (χ0) is 25.5. The predicted octanol–water partition coefficient (Wildman–Crippen LogP) is 5.67. The molecule has 0 spiro atoms. The molecule has 0 aliphatic heterocycles. The van der Waals surface area contributed by atoms with Gasteiger partial charge >= 0.3 is 0 Å². The number of nitrogens with zero attached hydrogens (tertiary/aromatic N) is 3. The van der Waals surface area contributed by atoms with Gasteiger partial charge in [-0.3, -0.25) is 0 Å². The topological polar surface area (TPSA) is 127 Å². The number of nitrogens with two attached hydrogens (primary N) is 2. The molecule has 0 saturated carbocycles. The highest BCUT2D eigenvalue weighted by Gasteiger charge is 2.09. The van der Waals surface area contributed by atoms with Crippen LogP contribution in [-0.4, -0.2) is 15.0 Å². The van der Waals surface area contributed by atoms with Crippen LogP contribution in [0.25, 0.3) is 0 Å². The van der Waals surface area contributed by atoms with Crippen LogP contribution in [0.3, 0.4) is 0 Å². The lowest BCUT2D eigenvalue weighted by Crippen LogP contribution is -2.07. The molecule has 7 N–H and O–H groups in total. The molecule has 0 aliphatic rings. The van der Waals surface area contributed by atoms with Gasteiger partial charge in [0.2, 0.25) is 17.8 Å². The second-order valence-electron chi connectivity index (χ2n) is 8.12. The normalized spacial score (nSPS) is 10.2. The van der Waals surface area contributed by atoms with Crippen molar-refractivity contribution in [2.75, 3.05) is 27.4 Å². The van der Waals surface area contributed by atoms with E-state index < -0.39 is 0 Å². The van der Waals surface area contributed by atoms with E-state index in [0.29, 0.717) is 29.2 Å². The average molecular weight is 485 g/mol. The Balaban J connectivity index is 1.38. The first-order valence-electron chi connectivity index (χ1n) is 11.5. The minimum absolute atomic E-state index is 0.366. The second-order valence-corrected chi connectivity index (χ2v) is 8.12. The van der Waals surface area contributed by atoms with Crippen LogP contribution in [0.15, 0.2) is 103 Å². The Hall–Kier alpha value is -5.55. The number of nitrogens with one attached hydrogen (secondary N) is 3. The third-order valence-corrected chi connectivity index (χ3v) is 5.24. The van der Waals surface area contributed by atoms with Crippen molar-refractivity contribution in [2.45, 2.75) is 0 Å². The maximum atomic E-state index is 5.80. The summed E-state index contributed by atoms with van der Waals surface area (Å²) >= 11 is 0. The SMILES string of the molecule is Nc1ccc(Nc2nc(Nc3ccc(N)cc3)nc(Nc3ccc(C#Cc4ccccc4)cc3)n2)cc1. The largest absolute Gasteiger partial charge is 0.399 e. The van der Waals surface area contributed by atoms with Crippen LogP contribution in [-0.2, 0) is 0 Å². The molecule has 0 saturated heterocycles. The molecular formula is C29H24N8. The Labute approximate surface area is 214 Å². The van der Waals surface area contributed by atoms with Crippen LogP contribution in [0.4, 0.5) is 46.3 Å². The van der Waals surface area contributed by atoms with Gasteiger partial charge in [-0.05, 0) is 84.9 Å². The van der Waals surface area contributed by atoms with E-state index in [4.69, 9.17) is 11.5 Å². The first kappa shape index (κ1) is 23.2. The fourth-order valence-corrected chi connectivity index (χ4v) is 3.37. The highest BCUT2D eigenvalue weighted by molar-refractivity contribution is 5.64.